The number of carbonyl (C=O) groups excluding carboxylic acids is 2. The van der Waals surface area contributed by atoms with Crippen molar-refractivity contribution >= 4 is 24.2 Å². The second kappa shape index (κ2) is 6.79. The predicted octanol–water partition coefficient (Wildman–Crippen LogP) is 0.770. The van der Waals surface area contributed by atoms with Crippen LogP contribution < -0.4 is 5.73 Å². The van der Waals surface area contributed by atoms with E-state index in [1.165, 1.54) is 7.11 Å². The summed E-state index contributed by atoms with van der Waals surface area (Å²) in [6.45, 7) is 5.58. The molecule has 0 aromatic rings. The highest BCUT2D eigenvalue weighted by atomic mass is 35.5. The molecule has 0 spiro atoms. The molecule has 0 radical (unpaired) electrons. The topological polar surface area (TPSA) is 69.4 Å². The van der Waals surface area contributed by atoms with Gasteiger partial charge in [-0.25, -0.2) is 4.79 Å². The number of esters is 1. The van der Waals surface area contributed by atoms with Gasteiger partial charge >= 0.3 is 5.97 Å². The van der Waals surface area contributed by atoms with E-state index in [9.17, 15) is 9.59 Å². The first-order valence-corrected chi connectivity index (χ1v) is 4.29. The van der Waals surface area contributed by atoms with Gasteiger partial charge in [-0.15, -0.1) is 12.4 Å². The Hall–Kier alpha value is -0.610. The number of nitrogens with two attached hydrogens (primary N) is 1. The van der Waals surface area contributed by atoms with Crippen LogP contribution in [0.25, 0.3) is 0 Å². The molecule has 0 aromatic carbocycles. The molecule has 4 nitrogen and oxygen atoms in total. The van der Waals surface area contributed by atoms with Crippen molar-refractivity contribution in [3.63, 3.8) is 0 Å². The highest BCUT2D eigenvalue weighted by Crippen LogP contribution is 2.12. The van der Waals surface area contributed by atoms with E-state index in [0.29, 0.717) is 0 Å². The molecule has 1 unspecified atom stereocenters. The monoisotopic (exact) mass is 223 g/mol. The molecule has 84 valence electrons. The Bertz CT molecular complexity index is 206. The summed E-state index contributed by atoms with van der Waals surface area (Å²) in [7, 11) is 1.22. The fourth-order valence-corrected chi connectivity index (χ4v) is 0.855. The van der Waals surface area contributed by atoms with E-state index in [1.807, 2.05) is 13.8 Å². The maximum Gasteiger partial charge on any atom is 0.330 e. The van der Waals surface area contributed by atoms with Crippen molar-refractivity contribution in [2.24, 2.45) is 17.6 Å². The minimum absolute atomic E-state index is 0. The van der Waals surface area contributed by atoms with Crippen LogP contribution in [0.4, 0.5) is 0 Å². The molecule has 0 aliphatic rings. The summed E-state index contributed by atoms with van der Waals surface area (Å²) in [4.78, 5) is 22.4. The van der Waals surface area contributed by atoms with Crippen LogP contribution >= 0.6 is 12.4 Å². The third-order valence-electron chi connectivity index (χ3n) is 2.21. The van der Waals surface area contributed by atoms with Gasteiger partial charge in [0.2, 0.25) is 0 Å². The van der Waals surface area contributed by atoms with Crippen molar-refractivity contribution in [2.45, 2.75) is 26.8 Å². The minimum atomic E-state index is -1.14. The lowest BCUT2D eigenvalue weighted by atomic mass is 9.90. The third-order valence-corrected chi connectivity index (χ3v) is 2.21. The lowest BCUT2D eigenvalue weighted by Gasteiger charge is -2.17. The standard InChI is InChI=1S/C9H17NO3.ClH/c1-5(2)6(3)8(11)7(10)9(12)13-4;/h5-7H,10H2,1-4H3;1H/t6-,7?;/m1./s1. The van der Waals surface area contributed by atoms with Crippen LogP contribution in [0.2, 0.25) is 0 Å². The number of rotatable bonds is 4. The minimum Gasteiger partial charge on any atom is -0.468 e. The first-order valence-electron chi connectivity index (χ1n) is 4.29. The van der Waals surface area contributed by atoms with Gasteiger partial charge in [0.1, 0.15) is 0 Å². The molecule has 0 amide bonds. The van der Waals surface area contributed by atoms with Crippen molar-refractivity contribution in [3.05, 3.63) is 0 Å². The molecule has 0 aliphatic heterocycles. The lowest BCUT2D eigenvalue weighted by Crippen LogP contribution is -2.43. The van der Waals surface area contributed by atoms with Crippen molar-refractivity contribution in [1.29, 1.82) is 0 Å². The summed E-state index contributed by atoms with van der Waals surface area (Å²) in [5.74, 6) is -0.961. The van der Waals surface area contributed by atoms with Crippen LogP contribution in [0.3, 0.4) is 0 Å². The zero-order chi connectivity index (χ0) is 10.6. The van der Waals surface area contributed by atoms with Crippen LogP contribution in [0.15, 0.2) is 0 Å². The molecule has 14 heavy (non-hydrogen) atoms. The largest absolute Gasteiger partial charge is 0.468 e. The molecular formula is C9H18ClNO3. The molecule has 0 saturated carbocycles. The van der Waals surface area contributed by atoms with Gasteiger partial charge in [0.25, 0.3) is 0 Å². The highest BCUT2D eigenvalue weighted by Gasteiger charge is 2.28. The molecule has 0 bridgehead atoms. The Morgan fingerprint density at radius 3 is 1.93 bits per heavy atom. The van der Waals surface area contributed by atoms with E-state index in [2.05, 4.69) is 4.74 Å². The maximum atomic E-state index is 11.5. The summed E-state index contributed by atoms with van der Waals surface area (Å²) in [5, 5.41) is 0. The predicted molar refractivity (Wildman–Crippen MR) is 56.2 cm³/mol. The van der Waals surface area contributed by atoms with Gasteiger partial charge in [0, 0.05) is 5.92 Å². The third kappa shape index (κ3) is 4.07. The highest BCUT2D eigenvalue weighted by molar-refractivity contribution is 6.03. The van der Waals surface area contributed by atoms with Gasteiger partial charge < -0.3 is 10.5 Å². The number of Topliss-reactive ketones (excluding diaryl/α,β-unsaturated/α-hetero) is 1. The van der Waals surface area contributed by atoms with Crippen LogP contribution in [0.1, 0.15) is 20.8 Å². The molecule has 0 aliphatic carbocycles. The van der Waals surface area contributed by atoms with E-state index in [0.717, 1.165) is 0 Å². The van der Waals surface area contributed by atoms with Crippen molar-refractivity contribution in [1.82, 2.24) is 0 Å². The second-order valence-corrected chi connectivity index (χ2v) is 3.44. The number of ether oxygens (including phenoxy) is 1. The summed E-state index contributed by atoms with van der Waals surface area (Å²) in [5.41, 5.74) is 5.39. The smallest absolute Gasteiger partial charge is 0.330 e. The number of hydrogen-bond acceptors (Lipinski definition) is 4. The summed E-state index contributed by atoms with van der Waals surface area (Å²) in [6, 6.07) is -1.14. The second-order valence-electron chi connectivity index (χ2n) is 3.44. The molecule has 2 N–H and O–H groups in total. The Morgan fingerprint density at radius 1 is 1.21 bits per heavy atom. The number of ketones is 1. The van der Waals surface area contributed by atoms with Crippen molar-refractivity contribution in [2.75, 3.05) is 7.11 Å². The average Bonchev–Trinajstić information content (AvgIpc) is 2.12. The molecular weight excluding hydrogens is 206 g/mol. The SMILES string of the molecule is COC(=O)C(N)C(=O)[C@H](C)C(C)C.Cl. The fraction of sp³-hybridized carbons (Fsp3) is 0.778. The van der Waals surface area contributed by atoms with Crippen LogP contribution in [0, 0.1) is 11.8 Å². The van der Waals surface area contributed by atoms with Crippen LogP contribution in [-0.4, -0.2) is 24.9 Å². The number of halogens is 1. The molecule has 5 heteroatoms. The first-order chi connectivity index (χ1) is 5.91. The number of hydrogen-bond donors (Lipinski definition) is 1. The molecule has 2 atom stereocenters. The molecule has 0 aromatic heterocycles. The average molecular weight is 224 g/mol. The Kier molecular flexibility index (Phi) is 7.68. The van der Waals surface area contributed by atoms with Crippen molar-refractivity contribution < 1.29 is 14.3 Å². The van der Waals surface area contributed by atoms with E-state index in [1.54, 1.807) is 6.92 Å². The van der Waals surface area contributed by atoms with Crippen molar-refractivity contribution in [3.8, 4) is 0 Å². The van der Waals surface area contributed by atoms with Gasteiger partial charge in [0.15, 0.2) is 11.8 Å². The van der Waals surface area contributed by atoms with Gasteiger partial charge in [-0.05, 0) is 5.92 Å². The quantitative estimate of drug-likeness (QED) is 0.565. The Balaban J connectivity index is 0. The first kappa shape index (κ1) is 15.8. The van der Waals surface area contributed by atoms with Gasteiger partial charge in [-0.2, -0.15) is 0 Å². The normalized spacial score (nSPS) is 14.1. The van der Waals surface area contributed by atoms with E-state index >= 15 is 0 Å². The zero-order valence-corrected chi connectivity index (χ0v) is 9.76. The van der Waals surface area contributed by atoms with Gasteiger partial charge in [0.05, 0.1) is 7.11 Å². The summed E-state index contributed by atoms with van der Waals surface area (Å²) < 4.78 is 4.38. The maximum absolute atomic E-state index is 11.5. The molecule has 0 rings (SSSR count). The zero-order valence-electron chi connectivity index (χ0n) is 8.94. The van der Waals surface area contributed by atoms with E-state index in [4.69, 9.17) is 5.73 Å². The molecule has 0 heterocycles. The Morgan fingerprint density at radius 2 is 1.64 bits per heavy atom. The fourth-order valence-electron chi connectivity index (χ4n) is 0.855. The number of carbonyl (C=O) groups is 2. The Labute approximate surface area is 90.6 Å². The van der Waals surface area contributed by atoms with E-state index < -0.39 is 12.0 Å². The number of methoxy groups -OCH3 is 1. The molecule has 0 saturated heterocycles. The van der Waals surface area contributed by atoms with E-state index in [-0.39, 0.29) is 30.0 Å². The lowest BCUT2D eigenvalue weighted by molar-refractivity contribution is -0.146. The van der Waals surface area contributed by atoms with Gasteiger partial charge in [-0.1, -0.05) is 20.8 Å². The summed E-state index contributed by atoms with van der Waals surface area (Å²) in [6.07, 6.45) is 0. The van der Waals surface area contributed by atoms with Gasteiger partial charge in [-0.3, -0.25) is 4.79 Å². The van der Waals surface area contributed by atoms with Crippen LogP contribution in [0.5, 0.6) is 0 Å². The van der Waals surface area contributed by atoms with Crippen LogP contribution in [-0.2, 0) is 14.3 Å². The summed E-state index contributed by atoms with van der Waals surface area (Å²) >= 11 is 0. The molecule has 0 fully saturated rings.